The third-order valence-corrected chi connectivity index (χ3v) is 5.27. The molecular formula is C27H31N3O2. The summed E-state index contributed by atoms with van der Waals surface area (Å²) in [5.41, 5.74) is 2.77. The Labute approximate surface area is 190 Å². The molecule has 0 aliphatic heterocycles. The summed E-state index contributed by atoms with van der Waals surface area (Å²) >= 11 is 0. The highest BCUT2D eigenvalue weighted by Gasteiger charge is 2.19. The van der Waals surface area contributed by atoms with Crippen LogP contribution in [0.1, 0.15) is 40.4 Å². The largest absolute Gasteiger partial charge is 0.356 e. The van der Waals surface area contributed by atoms with Gasteiger partial charge in [0.05, 0.1) is 12.5 Å². The van der Waals surface area contributed by atoms with Crippen molar-refractivity contribution in [3.63, 3.8) is 0 Å². The van der Waals surface area contributed by atoms with Crippen molar-refractivity contribution in [3.05, 3.63) is 108 Å². The fourth-order valence-electron chi connectivity index (χ4n) is 3.58. The van der Waals surface area contributed by atoms with Crippen LogP contribution >= 0.6 is 0 Å². The van der Waals surface area contributed by atoms with Crippen molar-refractivity contribution in [1.82, 2.24) is 15.5 Å². The molecule has 0 spiro atoms. The standard InChI is InChI=1S/C27H31N3O2/c1-30(21-22-12-5-2-6-13-22)19-11-18-28-26(31)20-25(23-14-7-3-8-15-23)29-27(32)24-16-9-4-10-17-24/h2-10,12-17,25H,11,18-21H2,1H3,(H,28,31)(H,29,32)/t25-/m0/s1. The van der Waals surface area contributed by atoms with E-state index in [9.17, 15) is 9.59 Å². The van der Waals surface area contributed by atoms with Gasteiger partial charge in [0.1, 0.15) is 0 Å². The van der Waals surface area contributed by atoms with Crippen LogP contribution in [0.25, 0.3) is 0 Å². The SMILES string of the molecule is CN(CCCNC(=O)C[C@H](NC(=O)c1ccccc1)c1ccccc1)Cc1ccccc1. The molecule has 0 aromatic heterocycles. The molecule has 166 valence electrons. The minimum atomic E-state index is -0.385. The van der Waals surface area contributed by atoms with E-state index in [0.717, 1.165) is 25.1 Å². The van der Waals surface area contributed by atoms with E-state index in [-0.39, 0.29) is 24.3 Å². The third kappa shape index (κ3) is 7.67. The molecule has 32 heavy (non-hydrogen) atoms. The molecule has 0 saturated carbocycles. The van der Waals surface area contributed by atoms with Gasteiger partial charge in [-0.15, -0.1) is 0 Å². The lowest BCUT2D eigenvalue weighted by molar-refractivity contribution is -0.121. The first-order valence-corrected chi connectivity index (χ1v) is 11.0. The van der Waals surface area contributed by atoms with Crippen molar-refractivity contribution < 1.29 is 9.59 Å². The van der Waals surface area contributed by atoms with Crippen LogP contribution in [0.15, 0.2) is 91.0 Å². The van der Waals surface area contributed by atoms with E-state index in [1.54, 1.807) is 12.1 Å². The lowest BCUT2D eigenvalue weighted by atomic mass is 10.0. The van der Waals surface area contributed by atoms with Crippen LogP contribution < -0.4 is 10.6 Å². The van der Waals surface area contributed by atoms with E-state index >= 15 is 0 Å². The lowest BCUT2D eigenvalue weighted by Gasteiger charge is -2.20. The van der Waals surface area contributed by atoms with E-state index in [4.69, 9.17) is 0 Å². The van der Waals surface area contributed by atoms with Gasteiger partial charge in [-0.1, -0.05) is 78.9 Å². The lowest BCUT2D eigenvalue weighted by Crippen LogP contribution is -2.34. The highest BCUT2D eigenvalue weighted by molar-refractivity contribution is 5.94. The summed E-state index contributed by atoms with van der Waals surface area (Å²) in [6.45, 7) is 2.38. The van der Waals surface area contributed by atoms with Crippen LogP contribution in [0.3, 0.4) is 0 Å². The Hall–Kier alpha value is -3.44. The number of amides is 2. The van der Waals surface area contributed by atoms with Gasteiger partial charge in [-0.3, -0.25) is 9.59 Å². The van der Waals surface area contributed by atoms with Gasteiger partial charge in [0.2, 0.25) is 5.91 Å². The van der Waals surface area contributed by atoms with Gasteiger partial charge in [0, 0.05) is 18.7 Å². The zero-order valence-electron chi connectivity index (χ0n) is 18.5. The average molecular weight is 430 g/mol. The molecule has 0 aliphatic rings. The summed E-state index contributed by atoms with van der Waals surface area (Å²) in [6.07, 6.45) is 1.06. The van der Waals surface area contributed by atoms with Crippen molar-refractivity contribution in [2.24, 2.45) is 0 Å². The van der Waals surface area contributed by atoms with Gasteiger partial charge in [-0.2, -0.15) is 0 Å². The zero-order chi connectivity index (χ0) is 22.6. The van der Waals surface area contributed by atoms with Crippen molar-refractivity contribution in [1.29, 1.82) is 0 Å². The van der Waals surface area contributed by atoms with Crippen molar-refractivity contribution in [2.75, 3.05) is 20.1 Å². The second kappa shape index (κ2) is 12.4. The smallest absolute Gasteiger partial charge is 0.251 e. The maximum Gasteiger partial charge on any atom is 0.251 e. The molecule has 3 rings (SSSR count). The molecule has 0 aliphatic carbocycles. The van der Waals surface area contributed by atoms with Crippen LogP contribution in [0, 0.1) is 0 Å². The van der Waals surface area contributed by atoms with Crippen molar-refractivity contribution in [2.45, 2.75) is 25.4 Å². The first-order valence-electron chi connectivity index (χ1n) is 11.0. The second-order valence-electron chi connectivity index (χ2n) is 7.93. The summed E-state index contributed by atoms with van der Waals surface area (Å²) in [6, 6.07) is 28.6. The normalized spacial score (nSPS) is 11.7. The van der Waals surface area contributed by atoms with E-state index in [1.165, 1.54) is 5.56 Å². The van der Waals surface area contributed by atoms with Crippen molar-refractivity contribution >= 4 is 11.8 Å². The highest BCUT2D eigenvalue weighted by Crippen LogP contribution is 2.17. The number of carbonyl (C=O) groups excluding carboxylic acids is 2. The maximum absolute atomic E-state index is 12.6. The number of benzene rings is 3. The van der Waals surface area contributed by atoms with Crippen LogP contribution in [-0.4, -0.2) is 36.9 Å². The minimum absolute atomic E-state index is 0.0714. The Bertz CT molecular complexity index is 962. The Morgan fingerprint density at radius 3 is 2.09 bits per heavy atom. The molecule has 3 aromatic carbocycles. The number of nitrogens with zero attached hydrogens (tertiary/aromatic N) is 1. The summed E-state index contributed by atoms with van der Waals surface area (Å²) < 4.78 is 0. The van der Waals surface area contributed by atoms with E-state index in [0.29, 0.717) is 12.1 Å². The molecular weight excluding hydrogens is 398 g/mol. The molecule has 0 unspecified atom stereocenters. The molecule has 3 aromatic rings. The van der Waals surface area contributed by atoms with Gasteiger partial charge < -0.3 is 15.5 Å². The molecule has 0 fully saturated rings. The summed E-state index contributed by atoms with van der Waals surface area (Å²) in [5, 5.41) is 6.01. The van der Waals surface area contributed by atoms with Gasteiger partial charge in [-0.25, -0.2) is 0 Å². The molecule has 2 N–H and O–H groups in total. The Morgan fingerprint density at radius 1 is 0.844 bits per heavy atom. The number of hydrogen-bond acceptors (Lipinski definition) is 3. The molecule has 0 saturated heterocycles. The Morgan fingerprint density at radius 2 is 1.44 bits per heavy atom. The number of rotatable bonds is 11. The number of nitrogens with one attached hydrogen (secondary N) is 2. The number of carbonyl (C=O) groups is 2. The van der Waals surface area contributed by atoms with Crippen molar-refractivity contribution in [3.8, 4) is 0 Å². The minimum Gasteiger partial charge on any atom is -0.356 e. The molecule has 0 radical (unpaired) electrons. The fourth-order valence-corrected chi connectivity index (χ4v) is 3.58. The van der Waals surface area contributed by atoms with Gasteiger partial charge in [-0.05, 0) is 43.3 Å². The topological polar surface area (TPSA) is 61.4 Å². The molecule has 5 nitrogen and oxygen atoms in total. The van der Waals surface area contributed by atoms with Gasteiger partial charge in [0.25, 0.3) is 5.91 Å². The predicted molar refractivity (Wildman–Crippen MR) is 128 cm³/mol. The quantitative estimate of drug-likeness (QED) is 0.450. The summed E-state index contributed by atoms with van der Waals surface area (Å²) in [4.78, 5) is 27.5. The van der Waals surface area contributed by atoms with Gasteiger partial charge >= 0.3 is 0 Å². The summed E-state index contributed by atoms with van der Waals surface area (Å²) in [5.74, 6) is -0.257. The van der Waals surface area contributed by atoms with Crippen LogP contribution in [0.2, 0.25) is 0 Å². The molecule has 0 heterocycles. The van der Waals surface area contributed by atoms with E-state index < -0.39 is 0 Å². The fraction of sp³-hybridized carbons (Fsp3) is 0.259. The first-order chi connectivity index (χ1) is 15.6. The van der Waals surface area contributed by atoms with E-state index in [1.807, 2.05) is 66.7 Å². The third-order valence-electron chi connectivity index (χ3n) is 5.27. The second-order valence-corrected chi connectivity index (χ2v) is 7.93. The highest BCUT2D eigenvalue weighted by atomic mass is 16.2. The average Bonchev–Trinajstić information content (AvgIpc) is 2.83. The molecule has 2 amide bonds. The van der Waals surface area contributed by atoms with Crippen LogP contribution in [0.5, 0.6) is 0 Å². The predicted octanol–water partition coefficient (Wildman–Crippen LogP) is 4.19. The van der Waals surface area contributed by atoms with Gasteiger partial charge in [0.15, 0.2) is 0 Å². The monoisotopic (exact) mass is 429 g/mol. The Kier molecular flexibility index (Phi) is 9.02. The van der Waals surface area contributed by atoms with Crippen LogP contribution in [0.4, 0.5) is 0 Å². The van der Waals surface area contributed by atoms with E-state index in [2.05, 4.69) is 34.7 Å². The van der Waals surface area contributed by atoms with Crippen LogP contribution in [-0.2, 0) is 11.3 Å². The molecule has 0 bridgehead atoms. The molecule has 1 atom stereocenters. The number of hydrogen-bond donors (Lipinski definition) is 2. The zero-order valence-corrected chi connectivity index (χ0v) is 18.5. The summed E-state index contributed by atoms with van der Waals surface area (Å²) in [7, 11) is 2.08. The maximum atomic E-state index is 12.6. The molecule has 5 heteroatoms. The Balaban J connectivity index is 1.47. The first kappa shape index (κ1) is 23.2.